The molecule has 2 aromatic rings. The number of anilines is 1. The van der Waals surface area contributed by atoms with Gasteiger partial charge in [0, 0.05) is 49.9 Å². The number of carbonyl (C=O) groups is 2. The lowest BCUT2D eigenvalue weighted by molar-refractivity contribution is -0.123. The van der Waals surface area contributed by atoms with Gasteiger partial charge in [0.15, 0.2) is 0 Å². The van der Waals surface area contributed by atoms with E-state index in [9.17, 15) is 20.0 Å². The maximum absolute atomic E-state index is 13.2. The average Bonchev–Trinajstić information content (AvgIpc) is 3.83. The lowest BCUT2D eigenvalue weighted by Gasteiger charge is -2.36. The van der Waals surface area contributed by atoms with E-state index in [0.29, 0.717) is 25.5 Å². The van der Waals surface area contributed by atoms with E-state index in [1.54, 1.807) is 24.3 Å². The van der Waals surface area contributed by atoms with Crippen molar-refractivity contribution in [1.82, 2.24) is 15.5 Å². The predicted octanol–water partition coefficient (Wildman–Crippen LogP) is 3.40. The van der Waals surface area contributed by atoms with Gasteiger partial charge in [0.25, 0.3) is 5.91 Å². The highest BCUT2D eigenvalue weighted by atomic mass is 127. The fraction of sp³-hybridized carbons (Fsp3) is 0.444. The first-order chi connectivity index (χ1) is 17.8. The Morgan fingerprint density at radius 1 is 1.08 bits per heavy atom. The first kappa shape index (κ1) is 26.5. The highest BCUT2D eigenvalue weighted by Gasteiger charge is 2.45. The number of phenols is 1. The summed E-state index contributed by atoms with van der Waals surface area (Å²) in [6.07, 6.45) is 4.12. The van der Waals surface area contributed by atoms with Gasteiger partial charge in [0.1, 0.15) is 17.3 Å². The molecule has 2 amide bonds. The van der Waals surface area contributed by atoms with Crippen LogP contribution in [0.3, 0.4) is 0 Å². The molecule has 1 atom stereocenters. The van der Waals surface area contributed by atoms with Crippen LogP contribution in [0.5, 0.6) is 5.75 Å². The van der Waals surface area contributed by atoms with Gasteiger partial charge >= 0.3 is 0 Å². The molecule has 37 heavy (non-hydrogen) atoms. The van der Waals surface area contributed by atoms with Crippen LogP contribution < -0.4 is 15.5 Å². The van der Waals surface area contributed by atoms with Crippen LogP contribution in [0, 0.1) is 18.5 Å². The third kappa shape index (κ3) is 6.31. The summed E-state index contributed by atoms with van der Waals surface area (Å²) in [6.45, 7) is 4.11. The highest BCUT2D eigenvalue weighted by Crippen LogP contribution is 2.34. The Bertz CT molecular complexity index is 1210. The normalized spacial score (nSPS) is 19.5. The topological polar surface area (TPSA) is 109 Å². The average molecular weight is 725 g/mol. The summed E-state index contributed by atoms with van der Waals surface area (Å²) in [4.78, 5) is 31.3. The molecule has 3 fully saturated rings. The van der Waals surface area contributed by atoms with Gasteiger partial charge in [-0.25, -0.2) is 0 Å². The van der Waals surface area contributed by atoms with E-state index >= 15 is 0 Å². The SMILES string of the molecule is N#CC1(NC(=O)C(Cc2cc(I)c(O)c(I)c2)NC(=O)c2ccc(N3CCN(C4CC4)CC3)cc2)CC1. The minimum absolute atomic E-state index is 0.199. The molecule has 1 saturated heterocycles. The number of piperazine rings is 1. The van der Waals surface area contributed by atoms with Crippen LogP contribution in [0.25, 0.3) is 0 Å². The third-order valence-corrected chi connectivity index (χ3v) is 8.98. The highest BCUT2D eigenvalue weighted by molar-refractivity contribution is 14.1. The Labute approximate surface area is 244 Å². The molecule has 8 nitrogen and oxygen atoms in total. The zero-order valence-electron chi connectivity index (χ0n) is 20.3. The summed E-state index contributed by atoms with van der Waals surface area (Å²) in [6, 6.07) is 13.3. The van der Waals surface area contributed by atoms with Crippen molar-refractivity contribution in [1.29, 1.82) is 5.26 Å². The van der Waals surface area contributed by atoms with Crippen molar-refractivity contribution in [2.45, 2.75) is 49.7 Å². The monoisotopic (exact) mass is 725 g/mol. The fourth-order valence-corrected chi connectivity index (χ4v) is 6.64. The first-order valence-corrected chi connectivity index (χ1v) is 14.7. The third-order valence-electron chi connectivity index (χ3n) is 7.34. The standard InChI is InChI=1S/C27H29I2N5O3/c28-21-13-17(14-22(29)24(21)35)15-23(26(37)32-27(16-30)7-8-27)31-25(36)18-1-3-19(4-2-18)33-9-11-34(12-10-33)20-5-6-20/h1-4,13-14,20,23,35H,5-12,15H2,(H,31,36)(H,32,37). The summed E-state index contributed by atoms with van der Waals surface area (Å²) < 4.78 is 1.35. The molecule has 3 N–H and O–H groups in total. The fourth-order valence-electron chi connectivity index (χ4n) is 4.74. The largest absolute Gasteiger partial charge is 0.506 e. The summed E-state index contributed by atoms with van der Waals surface area (Å²) >= 11 is 4.10. The van der Waals surface area contributed by atoms with E-state index in [2.05, 4.69) is 26.5 Å². The molecule has 5 rings (SSSR count). The molecule has 0 radical (unpaired) electrons. The molecule has 3 aliphatic rings. The van der Waals surface area contributed by atoms with Crippen molar-refractivity contribution < 1.29 is 14.7 Å². The zero-order valence-corrected chi connectivity index (χ0v) is 24.7. The molecule has 194 valence electrons. The molecular weight excluding hydrogens is 696 g/mol. The second-order valence-corrected chi connectivity index (χ2v) is 12.4. The number of nitriles is 1. The van der Waals surface area contributed by atoms with Gasteiger partial charge < -0.3 is 20.6 Å². The van der Waals surface area contributed by atoms with E-state index < -0.39 is 11.6 Å². The van der Waals surface area contributed by atoms with Gasteiger partial charge in [0.05, 0.1) is 13.2 Å². The van der Waals surface area contributed by atoms with Gasteiger partial charge in [-0.3, -0.25) is 14.5 Å². The molecule has 0 aromatic heterocycles. The zero-order chi connectivity index (χ0) is 26.2. The van der Waals surface area contributed by atoms with Gasteiger partial charge in [0.2, 0.25) is 5.91 Å². The quantitative estimate of drug-likeness (QED) is 0.361. The van der Waals surface area contributed by atoms with Crippen molar-refractivity contribution in [3.63, 3.8) is 0 Å². The van der Waals surface area contributed by atoms with Crippen LogP contribution in [-0.2, 0) is 11.2 Å². The van der Waals surface area contributed by atoms with Crippen LogP contribution in [0.2, 0.25) is 0 Å². The van der Waals surface area contributed by atoms with E-state index in [-0.39, 0.29) is 24.0 Å². The maximum Gasteiger partial charge on any atom is 0.251 e. The molecule has 0 bridgehead atoms. The summed E-state index contributed by atoms with van der Waals surface area (Å²) in [7, 11) is 0. The Morgan fingerprint density at radius 3 is 2.24 bits per heavy atom. The number of carbonyl (C=O) groups excluding carboxylic acids is 2. The van der Waals surface area contributed by atoms with Crippen LogP contribution >= 0.6 is 45.2 Å². The number of nitrogens with one attached hydrogen (secondary N) is 2. The van der Waals surface area contributed by atoms with Gasteiger partial charge in [-0.15, -0.1) is 0 Å². The number of halogens is 2. The lowest BCUT2D eigenvalue weighted by atomic mass is 10.0. The van der Waals surface area contributed by atoms with Gasteiger partial charge in [-0.2, -0.15) is 5.26 Å². The molecule has 1 unspecified atom stereocenters. The molecule has 2 aromatic carbocycles. The summed E-state index contributed by atoms with van der Waals surface area (Å²) in [5.74, 6) is -0.517. The molecular formula is C27H29I2N5O3. The number of aromatic hydroxyl groups is 1. The van der Waals surface area contributed by atoms with Crippen molar-refractivity contribution in [2.75, 3.05) is 31.1 Å². The van der Waals surface area contributed by atoms with Crippen LogP contribution in [-0.4, -0.2) is 65.6 Å². The molecule has 2 aliphatic carbocycles. The first-order valence-electron chi connectivity index (χ1n) is 12.6. The summed E-state index contributed by atoms with van der Waals surface area (Å²) in [5, 5.41) is 25.3. The van der Waals surface area contributed by atoms with Crippen molar-refractivity contribution in [2.24, 2.45) is 0 Å². The number of hydrogen-bond donors (Lipinski definition) is 3. The summed E-state index contributed by atoms with van der Waals surface area (Å²) in [5.41, 5.74) is 1.56. The lowest BCUT2D eigenvalue weighted by Crippen LogP contribution is -2.51. The molecule has 10 heteroatoms. The van der Waals surface area contributed by atoms with Crippen LogP contribution in [0.1, 0.15) is 41.6 Å². The van der Waals surface area contributed by atoms with Crippen LogP contribution in [0.15, 0.2) is 36.4 Å². The minimum Gasteiger partial charge on any atom is -0.506 e. The number of rotatable bonds is 8. The Morgan fingerprint density at radius 2 is 1.70 bits per heavy atom. The van der Waals surface area contributed by atoms with E-state index in [4.69, 9.17) is 0 Å². The van der Waals surface area contributed by atoms with Gasteiger partial charge in [-0.05, 0) is 113 Å². The smallest absolute Gasteiger partial charge is 0.251 e. The number of phenolic OH excluding ortho intramolecular Hbond substituents is 1. The molecule has 1 heterocycles. The number of hydrogen-bond acceptors (Lipinski definition) is 6. The Hall–Kier alpha value is -2.11. The number of amides is 2. The predicted molar refractivity (Wildman–Crippen MR) is 157 cm³/mol. The minimum atomic E-state index is -0.857. The Kier molecular flexibility index (Phi) is 7.83. The number of nitrogens with zero attached hydrogens (tertiary/aromatic N) is 3. The molecule has 1 aliphatic heterocycles. The maximum atomic E-state index is 13.2. The number of benzene rings is 2. The van der Waals surface area contributed by atoms with Gasteiger partial charge in [-0.1, -0.05) is 0 Å². The Balaban J connectivity index is 1.27. The molecule has 0 spiro atoms. The second kappa shape index (κ2) is 10.9. The van der Waals surface area contributed by atoms with Crippen molar-refractivity contribution >= 4 is 62.7 Å². The van der Waals surface area contributed by atoms with Crippen molar-refractivity contribution in [3.8, 4) is 11.8 Å². The van der Waals surface area contributed by atoms with E-state index in [1.807, 2.05) is 57.3 Å². The van der Waals surface area contributed by atoms with Crippen LogP contribution in [0.4, 0.5) is 5.69 Å². The van der Waals surface area contributed by atoms with Crippen molar-refractivity contribution in [3.05, 3.63) is 54.7 Å². The van der Waals surface area contributed by atoms with E-state index in [1.165, 1.54) is 12.8 Å². The second-order valence-electron chi connectivity index (χ2n) is 10.1. The van der Waals surface area contributed by atoms with E-state index in [0.717, 1.165) is 43.5 Å². The molecule has 2 saturated carbocycles.